The van der Waals surface area contributed by atoms with Gasteiger partial charge in [-0.2, -0.15) is 0 Å². The number of hydrogen-bond acceptors (Lipinski definition) is 5. The highest BCUT2D eigenvalue weighted by molar-refractivity contribution is 7.20. The van der Waals surface area contributed by atoms with Gasteiger partial charge in [-0.15, -0.1) is 11.3 Å². The number of nitrogens with one attached hydrogen (secondary N) is 1. The molecule has 1 aliphatic rings. The highest BCUT2D eigenvalue weighted by Gasteiger charge is 2.32. The second-order valence-electron chi connectivity index (χ2n) is 7.58. The number of pyridine rings is 1. The van der Waals surface area contributed by atoms with E-state index in [0.717, 1.165) is 27.8 Å². The molecule has 6 nitrogen and oxygen atoms in total. The van der Waals surface area contributed by atoms with Gasteiger partial charge in [-0.3, -0.25) is 9.59 Å². The molecule has 2 amide bonds. The Hall–Kier alpha value is -2.84. The molecule has 4 rings (SSSR count). The number of carbonyl (C=O) groups excluding carboxylic acids is 2. The number of benzene rings is 1. The number of fused-ring (bicyclic) bond motifs is 1. The maximum atomic E-state index is 13.1. The highest BCUT2D eigenvalue weighted by Crippen LogP contribution is 2.39. The number of methoxy groups -OCH3 is 1. The summed E-state index contributed by atoms with van der Waals surface area (Å²) in [7, 11) is 1.59. The van der Waals surface area contributed by atoms with Gasteiger partial charge in [0.05, 0.1) is 17.9 Å². The van der Waals surface area contributed by atoms with Crippen LogP contribution in [-0.4, -0.2) is 55.0 Å². The third-order valence-electron chi connectivity index (χ3n) is 5.52. The van der Waals surface area contributed by atoms with Crippen molar-refractivity contribution in [2.24, 2.45) is 0 Å². The molecule has 162 valence electrons. The predicted octanol–water partition coefficient (Wildman–Crippen LogP) is 3.37. The normalized spacial score (nSPS) is 16.1. The molecule has 31 heavy (non-hydrogen) atoms. The Labute approximate surface area is 184 Å². The molecule has 3 aromatic rings. The number of nitrogens with zero attached hydrogens (tertiary/aromatic N) is 2. The van der Waals surface area contributed by atoms with Crippen molar-refractivity contribution in [3.8, 4) is 0 Å². The maximum absolute atomic E-state index is 13.1. The Balaban J connectivity index is 1.53. The van der Waals surface area contributed by atoms with Crippen LogP contribution in [0, 0.1) is 5.82 Å². The molecule has 0 unspecified atom stereocenters. The van der Waals surface area contributed by atoms with Gasteiger partial charge in [0.2, 0.25) is 5.91 Å². The third-order valence-corrected chi connectivity index (χ3v) is 6.65. The number of hydrogen-bond donors (Lipinski definition) is 1. The van der Waals surface area contributed by atoms with Crippen LogP contribution >= 0.6 is 11.3 Å². The number of amides is 2. The van der Waals surface area contributed by atoms with E-state index < -0.39 is 0 Å². The Morgan fingerprint density at radius 1 is 1.29 bits per heavy atom. The van der Waals surface area contributed by atoms with Crippen LogP contribution in [0.4, 0.5) is 4.39 Å². The molecule has 1 fully saturated rings. The summed E-state index contributed by atoms with van der Waals surface area (Å²) in [5.41, 5.74) is 1.76. The van der Waals surface area contributed by atoms with E-state index in [4.69, 9.17) is 4.74 Å². The van der Waals surface area contributed by atoms with E-state index in [0.29, 0.717) is 31.1 Å². The van der Waals surface area contributed by atoms with Crippen LogP contribution in [0.25, 0.3) is 10.2 Å². The zero-order valence-corrected chi connectivity index (χ0v) is 18.1. The Morgan fingerprint density at radius 2 is 2.10 bits per heavy atom. The Kier molecular flexibility index (Phi) is 6.58. The zero-order valence-electron chi connectivity index (χ0n) is 17.3. The first-order valence-corrected chi connectivity index (χ1v) is 11.0. The number of ether oxygens (including phenoxy) is 1. The van der Waals surface area contributed by atoms with Gasteiger partial charge in [0, 0.05) is 44.2 Å². The molecule has 0 bridgehead atoms. The summed E-state index contributed by atoms with van der Waals surface area (Å²) < 4.78 is 18.1. The number of likely N-dealkylation sites (tertiary alicyclic amines) is 1. The minimum absolute atomic E-state index is 0.0119. The lowest BCUT2D eigenvalue weighted by Gasteiger charge is -2.17. The largest absolute Gasteiger partial charge is 0.383 e. The lowest BCUT2D eigenvalue weighted by Crippen LogP contribution is -2.30. The van der Waals surface area contributed by atoms with Crippen LogP contribution in [0.5, 0.6) is 0 Å². The average Bonchev–Trinajstić information content (AvgIpc) is 3.40. The molecule has 1 N–H and O–H groups in total. The van der Waals surface area contributed by atoms with Gasteiger partial charge < -0.3 is 15.0 Å². The van der Waals surface area contributed by atoms with Gasteiger partial charge in [-0.25, -0.2) is 9.37 Å². The molecule has 8 heteroatoms. The van der Waals surface area contributed by atoms with Crippen molar-refractivity contribution in [1.29, 1.82) is 0 Å². The number of aromatic nitrogens is 1. The summed E-state index contributed by atoms with van der Waals surface area (Å²) >= 11 is 1.39. The van der Waals surface area contributed by atoms with Crippen LogP contribution < -0.4 is 5.32 Å². The zero-order chi connectivity index (χ0) is 21.8. The van der Waals surface area contributed by atoms with E-state index in [1.807, 2.05) is 17.0 Å². The highest BCUT2D eigenvalue weighted by atomic mass is 32.1. The van der Waals surface area contributed by atoms with Crippen LogP contribution in [0.1, 0.15) is 33.1 Å². The van der Waals surface area contributed by atoms with Crippen molar-refractivity contribution in [2.45, 2.75) is 18.8 Å². The van der Waals surface area contributed by atoms with E-state index >= 15 is 0 Å². The number of rotatable bonds is 7. The first-order chi connectivity index (χ1) is 15.1. The molecule has 1 atom stereocenters. The van der Waals surface area contributed by atoms with Crippen molar-refractivity contribution in [3.63, 3.8) is 0 Å². The second-order valence-corrected chi connectivity index (χ2v) is 8.58. The van der Waals surface area contributed by atoms with E-state index in [2.05, 4.69) is 10.3 Å². The van der Waals surface area contributed by atoms with E-state index in [9.17, 15) is 14.0 Å². The second kappa shape index (κ2) is 9.53. The van der Waals surface area contributed by atoms with Crippen molar-refractivity contribution in [1.82, 2.24) is 15.2 Å². The standard InChI is InChI=1S/C23H24FN3O3S/c1-30-12-10-25-22(29)21-20(18-3-2-9-26-23(18)31-21)16-8-11-27(14-16)19(28)13-15-4-6-17(24)7-5-15/h2-7,9,16H,8,10-14H2,1H3,(H,25,29)/t16-/m0/s1. The molecule has 1 saturated heterocycles. The summed E-state index contributed by atoms with van der Waals surface area (Å²) in [5.74, 6) is -0.367. The van der Waals surface area contributed by atoms with E-state index in [1.54, 1.807) is 25.4 Å². The smallest absolute Gasteiger partial charge is 0.261 e. The monoisotopic (exact) mass is 441 g/mol. The number of thiophene rings is 1. The molecular weight excluding hydrogens is 417 g/mol. The Morgan fingerprint density at radius 3 is 2.87 bits per heavy atom. The maximum Gasteiger partial charge on any atom is 0.261 e. The fourth-order valence-electron chi connectivity index (χ4n) is 3.98. The van der Waals surface area contributed by atoms with Crippen LogP contribution in [0.15, 0.2) is 42.6 Å². The molecular formula is C23H24FN3O3S. The van der Waals surface area contributed by atoms with Crippen molar-refractivity contribution in [3.05, 3.63) is 64.4 Å². The van der Waals surface area contributed by atoms with Gasteiger partial charge >= 0.3 is 0 Å². The lowest BCUT2D eigenvalue weighted by molar-refractivity contribution is -0.129. The Bertz CT molecular complexity index is 1080. The predicted molar refractivity (Wildman–Crippen MR) is 118 cm³/mol. The van der Waals surface area contributed by atoms with Gasteiger partial charge in [0.25, 0.3) is 5.91 Å². The van der Waals surface area contributed by atoms with E-state index in [-0.39, 0.29) is 30.0 Å². The van der Waals surface area contributed by atoms with Crippen molar-refractivity contribution in [2.75, 3.05) is 33.4 Å². The topological polar surface area (TPSA) is 71.5 Å². The number of carbonyl (C=O) groups is 2. The molecule has 3 heterocycles. The molecule has 1 aromatic carbocycles. The van der Waals surface area contributed by atoms with Gasteiger partial charge in [0.1, 0.15) is 10.6 Å². The van der Waals surface area contributed by atoms with Crippen LogP contribution in [-0.2, 0) is 16.0 Å². The average molecular weight is 442 g/mol. The fourth-order valence-corrected chi connectivity index (χ4v) is 5.13. The van der Waals surface area contributed by atoms with Crippen molar-refractivity contribution < 1.29 is 18.7 Å². The molecule has 2 aromatic heterocycles. The summed E-state index contributed by atoms with van der Waals surface area (Å²) in [6, 6.07) is 9.88. The van der Waals surface area contributed by atoms with Gasteiger partial charge in [-0.05, 0) is 35.7 Å². The summed E-state index contributed by atoms with van der Waals surface area (Å²) in [5, 5.41) is 3.88. The third kappa shape index (κ3) is 4.75. The SMILES string of the molecule is COCCNC(=O)c1sc2ncccc2c1[C@H]1CCN(C(=O)Cc2ccc(F)cc2)C1. The quantitative estimate of drug-likeness (QED) is 0.571. The first kappa shape index (κ1) is 21.4. The van der Waals surface area contributed by atoms with Crippen molar-refractivity contribution >= 4 is 33.4 Å². The minimum Gasteiger partial charge on any atom is -0.383 e. The van der Waals surface area contributed by atoms with Gasteiger partial charge in [-0.1, -0.05) is 18.2 Å². The number of halogens is 1. The molecule has 0 radical (unpaired) electrons. The lowest BCUT2D eigenvalue weighted by atomic mass is 9.95. The molecule has 0 spiro atoms. The summed E-state index contributed by atoms with van der Waals surface area (Å²) in [6.07, 6.45) is 2.75. The molecule has 1 aliphatic heterocycles. The summed E-state index contributed by atoms with van der Waals surface area (Å²) in [6.45, 7) is 2.06. The van der Waals surface area contributed by atoms with Gasteiger partial charge in [0.15, 0.2) is 0 Å². The van der Waals surface area contributed by atoms with Crippen LogP contribution in [0.3, 0.4) is 0 Å². The molecule has 0 aliphatic carbocycles. The fraction of sp³-hybridized carbons (Fsp3) is 0.348. The molecule has 0 saturated carbocycles. The van der Waals surface area contributed by atoms with E-state index in [1.165, 1.54) is 23.5 Å². The van der Waals surface area contributed by atoms with Crippen LogP contribution in [0.2, 0.25) is 0 Å². The minimum atomic E-state index is -0.313. The first-order valence-electron chi connectivity index (χ1n) is 10.2. The summed E-state index contributed by atoms with van der Waals surface area (Å²) in [4.78, 5) is 33.4.